The maximum absolute atomic E-state index is 12.8. The van der Waals surface area contributed by atoms with Crippen LogP contribution in [0.15, 0.2) is 24.3 Å². The van der Waals surface area contributed by atoms with Crippen LogP contribution in [0.3, 0.4) is 0 Å². The fourth-order valence-electron chi connectivity index (χ4n) is 4.54. The maximum Gasteiger partial charge on any atom is 0.305 e. The molecule has 2 fully saturated rings. The molecule has 136 valence electrons. The highest BCUT2D eigenvalue weighted by Gasteiger charge is 2.50. The Hall–Kier alpha value is -1.55. The molecule has 0 spiro atoms. The third-order valence-corrected chi connectivity index (χ3v) is 6.00. The Morgan fingerprint density at radius 3 is 2.52 bits per heavy atom. The number of Topliss-reactive ketones (excluding diaryl/α,β-unsaturated/α-hetero) is 1. The van der Waals surface area contributed by atoms with Crippen LogP contribution in [-0.2, 0) is 14.3 Å². The Balaban J connectivity index is 1.57. The SMILES string of the molecule is COC(=O)CCCCC(=O)[C@H]1[C@H]2CC[C@H](C2)[C@@H]1Nc1ccc(Cl)cc1. The lowest BCUT2D eigenvalue weighted by molar-refractivity contribution is -0.140. The minimum atomic E-state index is -0.199. The zero-order valence-electron chi connectivity index (χ0n) is 14.7. The van der Waals surface area contributed by atoms with Crippen molar-refractivity contribution >= 4 is 29.0 Å². The second kappa shape index (κ2) is 8.22. The van der Waals surface area contributed by atoms with E-state index < -0.39 is 0 Å². The van der Waals surface area contributed by atoms with E-state index in [9.17, 15) is 9.59 Å². The van der Waals surface area contributed by atoms with E-state index in [1.807, 2.05) is 24.3 Å². The van der Waals surface area contributed by atoms with Gasteiger partial charge in [0.2, 0.25) is 0 Å². The molecule has 2 saturated carbocycles. The number of anilines is 1. The highest BCUT2D eigenvalue weighted by molar-refractivity contribution is 6.30. The quantitative estimate of drug-likeness (QED) is 0.547. The number of rotatable bonds is 8. The van der Waals surface area contributed by atoms with Crippen LogP contribution in [0.4, 0.5) is 5.69 Å². The smallest absolute Gasteiger partial charge is 0.305 e. The van der Waals surface area contributed by atoms with Crippen LogP contribution in [0, 0.1) is 17.8 Å². The third-order valence-electron chi connectivity index (χ3n) is 5.75. The zero-order chi connectivity index (χ0) is 17.8. The fraction of sp³-hybridized carbons (Fsp3) is 0.600. The number of methoxy groups -OCH3 is 1. The van der Waals surface area contributed by atoms with Crippen molar-refractivity contribution in [3.63, 3.8) is 0 Å². The molecular weight excluding hydrogens is 338 g/mol. The van der Waals surface area contributed by atoms with Crippen molar-refractivity contribution in [2.75, 3.05) is 12.4 Å². The summed E-state index contributed by atoms with van der Waals surface area (Å²) in [6.45, 7) is 0. The van der Waals surface area contributed by atoms with Gasteiger partial charge in [-0.1, -0.05) is 11.6 Å². The first-order valence-electron chi connectivity index (χ1n) is 9.20. The van der Waals surface area contributed by atoms with Gasteiger partial charge in [-0.2, -0.15) is 0 Å². The summed E-state index contributed by atoms with van der Waals surface area (Å²) in [6.07, 6.45) is 5.97. The molecule has 5 heteroatoms. The summed E-state index contributed by atoms with van der Waals surface area (Å²) in [4.78, 5) is 24.0. The van der Waals surface area contributed by atoms with Gasteiger partial charge in [-0.15, -0.1) is 0 Å². The molecule has 1 N–H and O–H groups in total. The molecule has 1 aromatic carbocycles. The van der Waals surface area contributed by atoms with Crippen LogP contribution in [0.1, 0.15) is 44.9 Å². The molecule has 1 aromatic rings. The molecule has 3 rings (SSSR count). The van der Waals surface area contributed by atoms with Crippen molar-refractivity contribution in [1.29, 1.82) is 0 Å². The van der Waals surface area contributed by atoms with Crippen LogP contribution in [0.5, 0.6) is 0 Å². The highest BCUT2D eigenvalue weighted by atomic mass is 35.5. The van der Waals surface area contributed by atoms with Gasteiger partial charge in [0.15, 0.2) is 0 Å². The predicted molar refractivity (Wildman–Crippen MR) is 98.7 cm³/mol. The van der Waals surface area contributed by atoms with E-state index in [0.717, 1.165) is 23.6 Å². The molecule has 2 bridgehead atoms. The monoisotopic (exact) mass is 363 g/mol. The molecule has 0 radical (unpaired) electrons. The molecule has 0 amide bonds. The molecule has 25 heavy (non-hydrogen) atoms. The third kappa shape index (κ3) is 4.35. The zero-order valence-corrected chi connectivity index (χ0v) is 15.4. The lowest BCUT2D eigenvalue weighted by Gasteiger charge is -2.31. The van der Waals surface area contributed by atoms with Crippen LogP contribution in [-0.4, -0.2) is 24.9 Å². The van der Waals surface area contributed by atoms with E-state index in [1.54, 1.807) is 0 Å². The molecule has 4 atom stereocenters. The number of ketones is 1. The number of hydrogen-bond acceptors (Lipinski definition) is 4. The Kier molecular flexibility index (Phi) is 6.00. The van der Waals surface area contributed by atoms with Crippen LogP contribution >= 0.6 is 11.6 Å². The summed E-state index contributed by atoms with van der Waals surface area (Å²) in [5.41, 5.74) is 1.03. The summed E-state index contributed by atoms with van der Waals surface area (Å²) in [7, 11) is 1.40. The Labute approximate surface area is 154 Å². The normalized spacial score (nSPS) is 27.3. The van der Waals surface area contributed by atoms with Crippen molar-refractivity contribution in [1.82, 2.24) is 0 Å². The van der Waals surface area contributed by atoms with E-state index in [4.69, 9.17) is 11.6 Å². The number of hydrogen-bond donors (Lipinski definition) is 1. The number of nitrogens with one attached hydrogen (secondary N) is 1. The highest BCUT2D eigenvalue weighted by Crippen LogP contribution is 2.50. The van der Waals surface area contributed by atoms with E-state index in [2.05, 4.69) is 10.1 Å². The summed E-state index contributed by atoms with van der Waals surface area (Å²) >= 11 is 5.96. The van der Waals surface area contributed by atoms with Crippen molar-refractivity contribution < 1.29 is 14.3 Å². The molecular formula is C20H26ClNO3. The van der Waals surface area contributed by atoms with Gasteiger partial charge in [0.1, 0.15) is 5.78 Å². The average molecular weight is 364 g/mol. The number of unbranched alkanes of at least 4 members (excludes halogenated alkanes) is 1. The number of carbonyl (C=O) groups is 2. The van der Waals surface area contributed by atoms with Gasteiger partial charge in [0.05, 0.1) is 7.11 Å². The molecule has 0 heterocycles. The van der Waals surface area contributed by atoms with Gasteiger partial charge in [0.25, 0.3) is 0 Å². The van der Waals surface area contributed by atoms with E-state index in [1.165, 1.54) is 20.0 Å². The second-order valence-electron chi connectivity index (χ2n) is 7.29. The van der Waals surface area contributed by atoms with Crippen LogP contribution in [0.2, 0.25) is 5.02 Å². The van der Waals surface area contributed by atoms with Gasteiger partial charge in [-0.05, 0) is 68.2 Å². The molecule has 0 saturated heterocycles. The van der Waals surface area contributed by atoms with Gasteiger partial charge < -0.3 is 10.1 Å². The van der Waals surface area contributed by atoms with Crippen LogP contribution in [0.25, 0.3) is 0 Å². The van der Waals surface area contributed by atoms with E-state index in [0.29, 0.717) is 36.9 Å². The predicted octanol–water partition coefficient (Wildman–Crippen LogP) is 4.47. The molecule has 2 aliphatic carbocycles. The Bertz CT molecular complexity index is 616. The van der Waals surface area contributed by atoms with E-state index >= 15 is 0 Å². The molecule has 4 nitrogen and oxygen atoms in total. The summed E-state index contributed by atoms with van der Waals surface area (Å²) < 4.78 is 4.65. The van der Waals surface area contributed by atoms with Crippen molar-refractivity contribution in [2.45, 2.75) is 51.0 Å². The van der Waals surface area contributed by atoms with Gasteiger partial charge in [0, 0.05) is 35.5 Å². The summed E-state index contributed by atoms with van der Waals surface area (Å²) in [5.74, 6) is 1.36. The lowest BCUT2D eigenvalue weighted by atomic mass is 9.80. The molecule has 0 aromatic heterocycles. The molecule has 0 unspecified atom stereocenters. The Morgan fingerprint density at radius 2 is 1.80 bits per heavy atom. The Morgan fingerprint density at radius 1 is 1.12 bits per heavy atom. The summed E-state index contributed by atoms with van der Waals surface area (Å²) in [6, 6.07) is 7.94. The number of esters is 1. The number of halogens is 1. The maximum atomic E-state index is 12.8. The standard InChI is InChI=1S/C20H26ClNO3/c1-25-18(24)5-3-2-4-17(23)19-13-6-7-14(12-13)20(19)22-16-10-8-15(21)9-11-16/h8-11,13-14,19-20,22H,2-7,12H2,1H3/t13-,14+,19+,20-/m0/s1. The number of benzene rings is 1. The first kappa shape index (κ1) is 18.2. The molecule has 0 aliphatic heterocycles. The fourth-order valence-corrected chi connectivity index (χ4v) is 4.66. The summed E-state index contributed by atoms with van der Waals surface area (Å²) in [5, 5.41) is 4.31. The largest absolute Gasteiger partial charge is 0.469 e. The van der Waals surface area contributed by atoms with Crippen LogP contribution < -0.4 is 5.32 Å². The van der Waals surface area contributed by atoms with E-state index in [-0.39, 0.29) is 17.9 Å². The minimum Gasteiger partial charge on any atom is -0.469 e. The van der Waals surface area contributed by atoms with Crippen molar-refractivity contribution in [2.24, 2.45) is 17.8 Å². The molecule has 2 aliphatic rings. The lowest BCUT2D eigenvalue weighted by Crippen LogP contribution is -2.39. The number of carbonyl (C=O) groups excluding carboxylic acids is 2. The first-order chi connectivity index (χ1) is 12.1. The number of fused-ring (bicyclic) bond motifs is 2. The number of ether oxygens (including phenoxy) is 1. The van der Waals surface area contributed by atoms with Crippen molar-refractivity contribution in [3.05, 3.63) is 29.3 Å². The average Bonchev–Trinajstić information content (AvgIpc) is 3.21. The van der Waals surface area contributed by atoms with Gasteiger partial charge in [-0.3, -0.25) is 9.59 Å². The van der Waals surface area contributed by atoms with Crippen molar-refractivity contribution in [3.8, 4) is 0 Å². The minimum absolute atomic E-state index is 0.104. The first-order valence-corrected chi connectivity index (χ1v) is 9.58. The van der Waals surface area contributed by atoms with Gasteiger partial charge in [-0.25, -0.2) is 0 Å². The second-order valence-corrected chi connectivity index (χ2v) is 7.72. The topological polar surface area (TPSA) is 55.4 Å². The van der Waals surface area contributed by atoms with Gasteiger partial charge >= 0.3 is 5.97 Å².